The predicted octanol–water partition coefficient (Wildman–Crippen LogP) is 2.84. The summed E-state index contributed by atoms with van der Waals surface area (Å²) in [6.45, 7) is 12.7. The van der Waals surface area contributed by atoms with Crippen LogP contribution in [0.1, 0.15) is 27.2 Å². The maximum Gasteiger partial charge on any atom is 0.305 e. The van der Waals surface area contributed by atoms with Gasteiger partial charge in [0.1, 0.15) is 0 Å². The van der Waals surface area contributed by atoms with E-state index < -0.39 is 8.07 Å². The summed E-state index contributed by atoms with van der Waals surface area (Å²) in [4.78, 5) is 11.3. The van der Waals surface area contributed by atoms with E-state index in [0.29, 0.717) is 12.7 Å². The van der Waals surface area contributed by atoms with E-state index in [4.69, 9.17) is 4.74 Å². The Hall–Kier alpha value is -0.313. The Morgan fingerprint density at radius 2 is 1.69 bits per heavy atom. The first-order valence-corrected chi connectivity index (χ1v) is 8.46. The average molecular weight is 202 g/mol. The average Bonchev–Trinajstić information content (AvgIpc) is 1.78. The lowest BCUT2D eigenvalue weighted by atomic mass is 9.93. The van der Waals surface area contributed by atoms with Crippen molar-refractivity contribution in [3.05, 3.63) is 0 Å². The van der Waals surface area contributed by atoms with Crippen molar-refractivity contribution in [3.63, 3.8) is 0 Å². The number of carbonyl (C=O) groups is 1. The van der Waals surface area contributed by atoms with Crippen LogP contribution in [0.4, 0.5) is 0 Å². The van der Waals surface area contributed by atoms with Crippen LogP contribution >= 0.6 is 0 Å². The number of hydrogen-bond donors (Lipinski definition) is 0. The molecule has 0 aromatic heterocycles. The van der Waals surface area contributed by atoms with Gasteiger partial charge in [-0.1, -0.05) is 40.4 Å². The molecule has 0 radical (unpaired) electrons. The molecule has 0 amide bonds. The second kappa shape index (κ2) is 4.27. The third kappa shape index (κ3) is 9.60. The van der Waals surface area contributed by atoms with Crippen molar-refractivity contribution in [2.75, 3.05) is 6.23 Å². The summed E-state index contributed by atoms with van der Waals surface area (Å²) in [7, 11) is -1.24. The van der Waals surface area contributed by atoms with E-state index in [1.165, 1.54) is 0 Å². The van der Waals surface area contributed by atoms with Crippen molar-refractivity contribution in [2.24, 2.45) is 5.41 Å². The molecule has 0 spiro atoms. The molecular weight excluding hydrogens is 180 g/mol. The Morgan fingerprint density at radius 1 is 1.23 bits per heavy atom. The van der Waals surface area contributed by atoms with Gasteiger partial charge in [-0.05, 0) is 5.41 Å². The summed E-state index contributed by atoms with van der Waals surface area (Å²) in [5.41, 5.74) is 0.0382. The second-order valence-corrected chi connectivity index (χ2v) is 11.4. The van der Waals surface area contributed by atoms with Gasteiger partial charge in [-0.15, -0.1) is 0 Å². The number of carbonyl (C=O) groups excluding carboxylic acids is 1. The molecule has 0 aliphatic carbocycles. The SMILES string of the molecule is CC(C)(C)CC(=O)OC[Si](C)(C)C. The van der Waals surface area contributed by atoms with Gasteiger partial charge in [0.25, 0.3) is 0 Å². The molecule has 0 bridgehead atoms. The highest BCUT2D eigenvalue weighted by Crippen LogP contribution is 2.19. The summed E-state index contributed by atoms with van der Waals surface area (Å²) in [5.74, 6) is -0.0603. The number of rotatable bonds is 3. The van der Waals surface area contributed by atoms with Gasteiger partial charge in [0.15, 0.2) is 0 Å². The van der Waals surface area contributed by atoms with Gasteiger partial charge < -0.3 is 4.74 Å². The minimum atomic E-state index is -1.24. The van der Waals surface area contributed by atoms with E-state index in [2.05, 4.69) is 19.6 Å². The van der Waals surface area contributed by atoms with Crippen LogP contribution in [0, 0.1) is 5.41 Å². The normalized spacial score (nSPS) is 12.8. The Kier molecular flexibility index (Phi) is 4.16. The molecule has 0 rings (SSSR count). The monoisotopic (exact) mass is 202 g/mol. The Bertz CT molecular complexity index is 174. The van der Waals surface area contributed by atoms with Gasteiger partial charge in [0, 0.05) is 0 Å². The summed E-state index contributed by atoms with van der Waals surface area (Å²) < 4.78 is 5.21. The fourth-order valence-corrected chi connectivity index (χ4v) is 1.38. The highest BCUT2D eigenvalue weighted by atomic mass is 28.3. The molecule has 0 aliphatic heterocycles. The standard InChI is InChI=1S/C10H22O2Si/c1-10(2,3)7-9(11)12-8-13(4,5)6/h7-8H2,1-6H3. The lowest BCUT2D eigenvalue weighted by molar-refractivity contribution is -0.143. The fourth-order valence-electron chi connectivity index (χ4n) is 0.781. The molecular formula is C10H22O2Si. The first-order valence-electron chi connectivity index (χ1n) is 4.76. The minimum Gasteiger partial charge on any atom is -0.469 e. The van der Waals surface area contributed by atoms with Crippen LogP contribution in [0.5, 0.6) is 0 Å². The molecule has 0 aromatic rings. The first-order chi connectivity index (χ1) is 5.60. The van der Waals surface area contributed by atoms with Crippen molar-refractivity contribution in [2.45, 2.75) is 46.8 Å². The van der Waals surface area contributed by atoms with E-state index in [9.17, 15) is 4.79 Å². The van der Waals surface area contributed by atoms with Crippen molar-refractivity contribution in [1.29, 1.82) is 0 Å². The highest BCUT2D eigenvalue weighted by Gasteiger charge is 2.20. The Morgan fingerprint density at radius 3 is 2.00 bits per heavy atom. The predicted molar refractivity (Wildman–Crippen MR) is 58.4 cm³/mol. The number of ether oxygens (including phenoxy) is 1. The maximum atomic E-state index is 11.3. The van der Waals surface area contributed by atoms with Crippen molar-refractivity contribution < 1.29 is 9.53 Å². The minimum absolute atomic E-state index is 0.0382. The summed E-state index contributed by atoms with van der Waals surface area (Å²) in [6, 6.07) is 0. The van der Waals surface area contributed by atoms with Crippen LogP contribution in [0.3, 0.4) is 0 Å². The van der Waals surface area contributed by atoms with Crippen molar-refractivity contribution >= 4 is 14.0 Å². The molecule has 0 N–H and O–H groups in total. The van der Waals surface area contributed by atoms with E-state index in [1.807, 2.05) is 20.8 Å². The second-order valence-electron chi connectivity index (χ2n) is 5.96. The summed E-state index contributed by atoms with van der Waals surface area (Å²) in [5, 5.41) is 0. The third-order valence-corrected chi connectivity index (χ3v) is 2.35. The van der Waals surface area contributed by atoms with Crippen molar-refractivity contribution in [1.82, 2.24) is 0 Å². The lowest BCUT2D eigenvalue weighted by Gasteiger charge is -2.20. The quantitative estimate of drug-likeness (QED) is 0.519. The van der Waals surface area contributed by atoms with Crippen molar-refractivity contribution in [3.8, 4) is 0 Å². The van der Waals surface area contributed by atoms with Gasteiger partial charge in [-0.3, -0.25) is 4.79 Å². The zero-order valence-corrected chi connectivity index (χ0v) is 10.7. The van der Waals surface area contributed by atoms with Gasteiger partial charge in [0.05, 0.1) is 20.7 Å². The largest absolute Gasteiger partial charge is 0.469 e. The van der Waals surface area contributed by atoms with Crippen LogP contribution in [0.15, 0.2) is 0 Å². The molecule has 0 unspecified atom stereocenters. The third-order valence-electron chi connectivity index (χ3n) is 1.34. The van der Waals surface area contributed by atoms with Gasteiger partial charge in [-0.25, -0.2) is 0 Å². The van der Waals surface area contributed by atoms with Crippen LogP contribution in [-0.4, -0.2) is 20.3 Å². The van der Waals surface area contributed by atoms with Gasteiger partial charge in [0.2, 0.25) is 0 Å². The Labute approximate surface area is 82.7 Å². The number of esters is 1. The van der Waals surface area contributed by atoms with E-state index in [1.54, 1.807) is 0 Å². The maximum absolute atomic E-state index is 11.3. The van der Waals surface area contributed by atoms with E-state index in [-0.39, 0.29) is 11.4 Å². The summed E-state index contributed by atoms with van der Waals surface area (Å²) in [6.07, 6.45) is 1.15. The van der Waals surface area contributed by atoms with E-state index >= 15 is 0 Å². The van der Waals surface area contributed by atoms with Crippen LogP contribution < -0.4 is 0 Å². The molecule has 0 heterocycles. The van der Waals surface area contributed by atoms with Gasteiger partial charge >= 0.3 is 5.97 Å². The molecule has 13 heavy (non-hydrogen) atoms. The van der Waals surface area contributed by atoms with Crippen LogP contribution in [-0.2, 0) is 9.53 Å². The zero-order chi connectivity index (χ0) is 10.7. The molecule has 0 saturated heterocycles. The molecule has 0 saturated carbocycles. The van der Waals surface area contributed by atoms with E-state index in [0.717, 1.165) is 0 Å². The van der Waals surface area contributed by atoms with Gasteiger partial charge in [-0.2, -0.15) is 0 Å². The molecule has 0 atom stereocenters. The molecule has 2 nitrogen and oxygen atoms in total. The topological polar surface area (TPSA) is 26.3 Å². The zero-order valence-electron chi connectivity index (χ0n) is 9.73. The Balaban J connectivity index is 3.78. The van der Waals surface area contributed by atoms with Crippen LogP contribution in [0.2, 0.25) is 19.6 Å². The van der Waals surface area contributed by atoms with Crippen LogP contribution in [0.25, 0.3) is 0 Å². The molecule has 0 aromatic carbocycles. The first kappa shape index (κ1) is 12.7. The molecule has 0 aliphatic rings. The number of hydrogen-bond acceptors (Lipinski definition) is 2. The summed E-state index contributed by atoms with van der Waals surface area (Å²) >= 11 is 0. The molecule has 3 heteroatoms. The lowest BCUT2D eigenvalue weighted by Crippen LogP contribution is -2.30. The molecule has 78 valence electrons. The fraction of sp³-hybridized carbons (Fsp3) is 0.900. The smallest absolute Gasteiger partial charge is 0.305 e. The molecule has 0 fully saturated rings. The highest BCUT2D eigenvalue weighted by molar-refractivity contribution is 6.76.